The van der Waals surface area contributed by atoms with Crippen molar-refractivity contribution in [2.75, 3.05) is 6.54 Å². The van der Waals surface area contributed by atoms with Gasteiger partial charge in [-0.3, -0.25) is 0 Å². The molecule has 0 bridgehead atoms. The molecular formula is C15H23NO. The highest BCUT2D eigenvalue weighted by atomic mass is 16.3. The van der Waals surface area contributed by atoms with Crippen molar-refractivity contribution in [2.24, 2.45) is 0 Å². The van der Waals surface area contributed by atoms with Crippen LogP contribution in [0.25, 0.3) is 0 Å². The molecule has 0 amide bonds. The van der Waals surface area contributed by atoms with E-state index in [4.69, 9.17) is 0 Å². The Morgan fingerprint density at radius 3 is 2.82 bits per heavy atom. The number of phenolic OH excluding ortho intramolecular Hbond substituents is 1. The molecule has 2 rings (SSSR count). The van der Waals surface area contributed by atoms with Crippen LogP contribution in [0.3, 0.4) is 0 Å². The number of aromatic hydroxyl groups is 1. The van der Waals surface area contributed by atoms with E-state index in [1.807, 2.05) is 12.1 Å². The summed E-state index contributed by atoms with van der Waals surface area (Å²) in [4.78, 5) is 0. The number of aryl methyl sites for hydroxylation is 1. The fourth-order valence-electron chi connectivity index (χ4n) is 2.54. The van der Waals surface area contributed by atoms with Crippen molar-refractivity contribution in [1.82, 2.24) is 5.32 Å². The van der Waals surface area contributed by atoms with Gasteiger partial charge in [-0.15, -0.1) is 0 Å². The Balaban J connectivity index is 2.12. The van der Waals surface area contributed by atoms with Gasteiger partial charge in [0.2, 0.25) is 0 Å². The monoisotopic (exact) mass is 233 g/mol. The maximum absolute atomic E-state index is 9.52. The molecule has 1 aliphatic rings. The first-order valence-corrected chi connectivity index (χ1v) is 6.52. The molecule has 0 saturated heterocycles. The van der Waals surface area contributed by atoms with Gasteiger partial charge in [-0.1, -0.05) is 6.07 Å². The van der Waals surface area contributed by atoms with Gasteiger partial charge in [0.05, 0.1) is 0 Å². The number of benzene rings is 1. The molecule has 1 unspecified atom stereocenters. The predicted molar refractivity (Wildman–Crippen MR) is 71.5 cm³/mol. The Kier molecular flexibility index (Phi) is 3.43. The van der Waals surface area contributed by atoms with Crippen molar-refractivity contribution in [3.05, 3.63) is 29.3 Å². The van der Waals surface area contributed by atoms with Crippen LogP contribution >= 0.6 is 0 Å². The summed E-state index contributed by atoms with van der Waals surface area (Å²) >= 11 is 0. The Morgan fingerprint density at radius 2 is 2.12 bits per heavy atom. The summed E-state index contributed by atoms with van der Waals surface area (Å²) in [6.07, 6.45) is 3.59. The first-order valence-electron chi connectivity index (χ1n) is 6.52. The van der Waals surface area contributed by atoms with Crippen LogP contribution in [0.4, 0.5) is 0 Å². The van der Waals surface area contributed by atoms with E-state index in [9.17, 15) is 5.11 Å². The van der Waals surface area contributed by atoms with E-state index in [0.717, 1.165) is 13.0 Å². The zero-order valence-electron chi connectivity index (χ0n) is 11.1. The van der Waals surface area contributed by atoms with Gasteiger partial charge in [0, 0.05) is 12.1 Å². The first-order chi connectivity index (χ1) is 7.96. The molecule has 2 nitrogen and oxygen atoms in total. The van der Waals surface area contributed by atoms with Crippen molar-refractivity contribution < 1.29 is 5.11 Å². The average molecular weight is 233 g/mol. The number of phenols is 1. The van der Waals surface area contributed by atoms with E-state index in [1.54, 1.807) is 0 Å². The second-order valence-corrected chi connectivity index (χ2v) is 6.10. The van der Waals surface area contributed by atoms with Gasteiger partial charge in [0.15, 0.2) is 0 Å². The van der Waals surface area contributed by atoms with Crippen LogP contribution < -0.4 is 5.32 Å². The minimum atomic E-state index is 0.175. The lowest BCUT2D eigenvalue weighted by Crippen LogP contribution is -2.39. The van der Waals surface area contributed by atoms with Crippen molar-refractivity contribution in [1.29, 1.82) is 0 Å². The fraction of sp³-hybridized carbons (Fsp3) is 0.600. The third kappa shape index (κ3) is 3.22. The van der Waals surface area contributed by atoms with Crippen LogP contribution in [0.2, 0.25) is 0 Å². The van der Waals surface area contributed by atoms with Crippen molar-refractivity contribution >= 4 is 0 Å². The summed E-state index contributed by atoms with van der Waals surface area (Å²) in [5.41, 5.74) is 2.93. The molecule has 0 aliphatic heterocycles. The molecule has 17 heavy (non-hydrogen) atoms. The lowest BCUT2D eigenvalue weighted by atomic mass is 9.82. The SMILES string of the molecule is CC(C)(C)NCC1CCCc2cc(O)ccc21. The first kappa shape index (κ1) is 12.4. The Bertz CT molecular complexity index is 392. The number of hydrogen-bond acceptors (Lipinski definition) is 2. The Hall–Kier alpha value is -1.02. The summed E-state index contributed by atoms with van der Waals surface area (Å²) in [5, 5.41) is 13.1. The molecule has 2 N–H and O–H groups in total. The lowest BCUT2D eigenvalue weighted by Gasteiger charge is -2.29. The van der Waals surface area contributed by atoms with Gasteiger partial charge in [0.25, 0.3) is 0 Å². The summed E-state index contributed by atoms with van der Waals surface area (Å²) in [5.74, 6) is 0.992. The zero-order chi connectivity index (χ0) is 12.5. The van der Waals surface area contributed by atoms with Gasteiger partial charge in [-0.2, -0.15) is 0 Å². The average Bonchev–Trinajstić information content (AvgIpc) is 2.24. The molecule has 1 aliphatic carbocycles. The van der Waals surface area contributed by atoms with Crippen LogP contribution in [0.1, 0.15) is 50.7 Å². The van der Waals surface area contributed by atoms with Crippen molar-refractivity contribution in [3.63, 3.8) is 0 Å². The molecule has 94 valence electrons. The molecule has 1 aromatic rings. The highest BCUT2D eigenvalue weighted by Gasteiger charge is 2.21. The molecule has 1 atom stereocenters. The normalized spacial score (nSPS) is 20.1. The maximum Gasteiger partial charge on any atom is 0.115 e. The van der Waals surface area contributed by atoms with Crippen LogP contribution in [-0.2, 0) is 6.42 Å². The summed E-state index contributed by atoms with van der Waals surface area (Å²) < 4.78 is 0. The van der Waals surface area contributed by atoms with Crippen LogP contribution in [-0.4, -0.2) is 17.2 Å². The fourth-order valence-corrected chi connectivity index (χ4v) is 2.54. The van der Waals surface area contributed by atoms with Gasteiger partial charge in [-0.25, -0.2) is 0 Å². The van der Waals surface area contributed by atoms with Crippen molar-refractivity contribution in [3.8, 4) is 5.75 Å². The van der Waals surface area contributed by atoms with E-state index < -0.39 is 0 Å². The number of hydrogen-bond donors (Lipinski definition) is 2. The lowest BCUT2D eigenvalue weighted by molar-refractivity contribution is 0.389. The van der Waals surface area contributed by atoms with Crippen LogP contribution in [0.15, 0.2) is 18.2 Å². The third-order valence-electron chi connectivity index (χ3n) is 3.44. The van der Waals surface area contributed by atoms with Gasteiger partial charge < -0.3 is 10.4 Å². The summed E-state index contributed by atoms with van der Waals surface area (Å²) in [7, 11) is 0. The van der Waals surface area contributed by atoms with Gasteiger partial charge in [0.1, 0.15) is 5.75 Å². The smallest absolute Gasteiger partial charge is 0.115 e. The molecule has 2 heteroatoms. The molecule has 0 heterocycles. The van der Waals surface area contributed by atoms with E-state index in [0.29, 0.717) is 11.7 Å². The quantitative estimate of drug-likeness (QED) is 0.822. The van der Waals surface area contributed by atoms with Crippen LogP contribution in [0.5, 0.6) is 5.75 Å². The highest BCUT2D eigenvalue weighted by Crippen LogP contribution is 2.33. The molecule has 0 fully saturated rings. The topological polar surface area (TPSA) is 32.3 Å². The Morgan fingerprint density at radius 1 is 1.35 bits per heavy atom. The minimum absolute atomic E-state index is 0.175. The molecular weight excluding hydrogens is 210 g/mol. The third-order valence-corrected chi connectivity index (χ3v) is 3.44. The molecule has 0 spiro atoms. The second kappa shape index (κ2) is 4.69. The standard InChI is InChI=1S/C15H23NO/c1-15(2,3)16-10-12-6-4-5-11-9-13(17)7-8-14(11)12/h7-9,12,16-17H,4-6,10H2,1-3H3. The second-order valence-electron chi connectivity index (χ2n) is 6.10. The number of nitrogens with one attached hydrogen (secondary N) is 1. The minimum Gasteiger partial charge on any atom is -0.508 e. The van der Waals surface area contributed by atoms with Crippen molar-refractivity contribution in [2.45, 2.75) is 51.5 Å². The van der Waals surface area contributed by atoms with E-state index in [2.05, 4.69) is 32.2 Å². The number of rotatable bonds is 2. The molecule has 0 saturated carbocycles. The Labute approximate surface area is 104 Å². The van der Waals surface area contributed by atoms with E-state index in [1.165, 1.54) is 24.0 Å². The molecule has 0 radical (unpaired) electrons. The zero-order valence-corrected chi connectivity index (χ0v) is 11.1. The number of fused-ring (bicyclic) bond motifs is 1. The van der Waals surface area contributed by atoms with E-state index >= 15 is 0 Å². The largest absolute Gasteiger partial charge is 0.508 e. The maximum atomic E-state index is 9.52. The highest BCUT2D eigenvalue weighted by molar-refractivity contribution is 5.38. The molecule has 0 aromatic heterocycles. The van der Waals surface area contributed by atoms with Crippen LogP contribution in [0, 0.1) is 0 Å². The predicted octanol–water partition coefficient (Wildman–Crippen LogP) is 3.20. The van der Waals surface area contributed by atoms with Gasteiger partial charge in [-0.05, 0) is 69.2 Å². The van der Waals surface area contributed by atoms with E-state index in [-0.39, 0.29) is 5.54 Å². The van der Waals surface area contributed by atoms with Gasteiger partial charge >= 0.3 is 0 Å². The summed E-state index contributed by atoms with van der Waals surface area (Å²) in [6, 6.07) is 5.84. The summed E-state index contributed by atoms with van der Waals surface area (Å²) in [6.45, 7) is 7.63. The molecule has 1 aromatic carbocycles.